The Kier molecular flexibility index (Phi) is 5.19. The number of ether oxygens (including phenoxy) is 1. The molecule has 1 aromatic rings. The van der Waals surface area contributed by atoms with E-state index in [-0.39, 0.29) is 23.0 Å². The van der Waals surface area contributed by atoms with Crippen molar-refractivity contribution in [2.24, 2.45) is 5.73 Å². The molecule has 0 bridgehead atoms. The third kappa shape index (κ3) is 4.08. The molecule has 2 nitrogen and oxygen atoms in total. The first kappa shape index (κ1) is 13.4. The Labute approximate surface area is 101 Å². The van der Waals surface area contributed by atoms with Crippen LogP contribution in [0.3, 0.4) is 0 Å². The SMILES string of the molecule is CC(C)OCC(N)Cc1cccc(Cl)c1F. The largest absolute Gasteiger partial charge is 0.377 e. The minimum atomic E-state index is -0.385. The zero-order chi connectivity index (χ0) is 12.1. The molecule has 0 heterocycles. The van der Waals surface area contributed by atoms with Crippen molar-refractivity contribution in [2.45, 2.75) is 32.4 Å². The van der Waals surface area contributed by atoms with Crippen molar-refractivity contribution in [3.63, 3.8) is 0 Å². The van der Waals surface area contributed by atoms with Gasteiger partial charge in [0.2, 0.25) is 0 Å². The van der Waals surface area contributed by atoms with Gasteiger partial charge in [0.05, 0.1) is 17.7 Å². The first-order valence-electron chi connectivity index (χ1n) is 5.30. The zero-order valence-corrected chi connectivity index (χ0v) is 10.3. The number of nitrogens with two attached hydrogens (primary N) is 1. The van der Waals surface area contributed by atoms with Crippen LogP contribution < -0.4 is 5.73 Å². The molecule has 0 fully saturated rings. The summed E-state index contributed by atoms with van der Waals surface area (Å²) in [5.41, 5.74) is 6.37. The first-order chi connectivity index (χ1) is 7.50. The van der Waals surface area contributed by atoms with Gasteiger partial charge in [-0.15, -0.1) is 0 Å². The second-order valence-electron chi connectivity index (χ2n) is 4.06. The number of rotatable bonds is 5. The van der Waals surface area contributed by atoms with Gasteiger partial charge in [-0.2, -0.15) is 0 Å². The Morgan fingerprint density at radius 2 is 2.12 bits per heavy atom. The molecule has 0 amide bonds. The van der Waals surface area contributed by atoms with Gasteiger partial charge in [0, 0.05) is 6.04 Å². The normalized spacial score (nSPS) is 13.1. The smallest absolute Gasteiger partial charge is 0.145 e. The lowest BCUT2D eigenvalue weighted by Crippen LogP contribution is -2.30. The molecule has 1 unspecified atom stereocenters. The molecule has 0 aliphatic carbocycles. The summed E-state index contributed by atoms with van der Waals surface area (Å²) in [7, 11) is 0. The zero-order valence-electron chi connectivity index (χ0n) is 9.54. The first-order valence-corrected chi connectivity index (χ1v) is 5.68. The van der Waals surface area contributed by atoms with Crippen molar-refractivity contribution in [1.82, 2.24) is 0 Å². The van der Waals surface area contributed by atoms with Gasteiger partial charge in [0.1, 0.15) is 5.82 Å². The maximum Gasteiger partial charge on any atom is 0.145 e. The quantitative estimate of drug-likeness (QED) is 0.866. The van der Waals surface area contributed by atoms with E-state index in [9.17, 15) is 4.39 Å². The predicted octanol–water partition coefficient (Wildman–Crippen LogP) is 2.77. The van der Waals surface area contributed by atoms with E-state index in [0.29, 0.717) is 18.6 Å². The Hall–Kier alpha value is -0.640. The third-order valence-corrected chi connectivity index (χ3v) is 2.45. The Morgan fingerprint density at radius 3 is 2.75 bits per heavy atom. The van der Waals surface area contributed by atoms with Crippen molar-refractivity contribution >= 4 is 11.6 Å². The number of hydrogen-bond acceptors (Lipinski definition) is 2. The van der Waals surface area contributed by atoms with Crippen LogP contribution in [0.15, 0.2) is 18.2 Å². The van der Waals surface area contributed by atoms with Gasteiger partial charge in [-0.25, -0.2) is 4.39 Å². The van der Waals surface area contributed by atoms with E-state index in [4.69, 9.17) is 22.1 Å². The van der Waals surface area contributed by atoms with Gasteiger partial charge < -0.3 is 10.5 Å². The molecule has 4 heteroatoms. The summed E-state index contributed by atoms with van der Waals surface area (Å²) in [5, 5.41) is 0.134. The van der Waals surface area contributed by atoms with Crippen molar-refractivity contribution in [3.8, 4) is 0 Å². The number of benzene rings is 1. The van der Waals surface area contributed by atoms with Crippen LogP contribution in [-0.2, 0) is 11.2 Å². The van der Waals surface area contributed by atoms with Crippen molar-refractivity contribution in [1.29, 1.82) is 0 Å². The minimum absolute atomic E-state index is 0.134. The van der Waals surface area contributed by atoms with Crippen LogP contribution in [0, 0.1) is 5.82 Å². The Balaban J connectivity index is 2.56. The maximum atomic E-state index is 13.5. The molecule has 90 valence electrons. The lowest BCUT2D eigenvalue weighted by atomic mass is 10.1. The average Bonchev–Trinajstić information content (AvgIpc) is 2.22. The van der Waals surface area contributed by atoms with Crippen molar-refractivity contribution in [2.75, 3.05) is 6.61 Å². The maximum absolute atomic E-state index is 13.5. The molecule has 0 aromatic heterocycles. The van der Waals surface area contributed by atoms with Crippen LogP contribution >= 0.6 is 11.6 Å². The Bertz CT molecular complexity index is 344. The fourth-order valence-corrected chi connectivity index (χ4v) is 1.56. The van der Waals surface area contributed by atoms with Crippen LogP contribution in [0.5, 0.6) is 0 Å². The van der Waals surface area contributed by atoms with E-state index in [1.165, 1.54) is 6.07 Å². The van der Waals surface area contributed by atoms with Gasteiger partial charge >= 0.3 is 0 Å². The second kappa shape index (κ2) is 6.18. The highest BCUT2D eigenvalue weighted by molar-refractivity contribution is 6.30. The molecule has 0 saturated heterocycles. The van der Waals surface area contributed by atoms with E-state index < -0.39 is 0 Å². The van der Waals surface area contributed by atoms with Crippen LogP contribution in [0.4, 0.5) is 4.39 Å². The standard InChI is InChI=1S/C12H17ClFNO/c1-8(2)16-7-10(15)6-9-4-3-5-11(13)12(9)14/h3-5,8,10H,6-7,15H2,1-2H3. The van der Waals surface area contributed by atoms with Crippen LogP contribution in [0.1, 0.15) is 19.4 Å². The topological polar surface area (TPSA) is 35.2 Å². The van der Waals surface area contributed by atoms with Gasteiger partial charge in [-0.3, -0.25) is 0 Å². The number of halogens is 2. The highest BCUT2D eigenvalue weighted by Gasteiger charge is 2.11. The molecule has 1 atom stereocenters. The van der Waals surface area contributed by atoms with Crippen LogP contribution in [0.25, 0.3) is 0 Å². The van der Waals surface area contributed by atoms with Crippen molar-refractivity contribution in [3.05, 3.63) is 34.6 Å². The lowest BCUT2D eigenvalue weighted by Gasteiger charge is -2.15. The average molecular weight is 246 g/mol. The Morgan fingerprint density at radius 1 is 1.44 bits per heavy atom. The van der Waals surface area contributed by atoms with Gasteiger partial charge in [0.25, 0.3) is 0 Å². The fourth-order valence-electron chi connectivity index (χ4n) is 1.36. The summed E-state index contributed by atoms with van der Waals surface area (Å²) in [5.74, 6) is -0.385. The molecular weight excluding hydrogens is 229 g/mol. The van der Waals surface area contributed by atoms with Gasteiger partial charge in [-0.05, 0) is 31.9 Å². The highest BCUT2D eigenvalue weighted by atomic mass is 35.5. The molecule has 1 aromatic carbocycles. The molecule has 0 aliphatic heterocycles. The summed E-state index contributed by atoms with van der Waals surface area (Å²) in [6.45, 7) is 4.29. The lowest BCUT2D eigenvalue weighted by molar-refractivity contribution is 0.0683. The summed E-state index contributed by atoms with van der Waals surface area (Å²) in [4.78, 5) is 0. The summed E-state index contributed by atoms with van der Waals surface area (Å²) in [6, 6.07) is 4.72. The van der Waals surface area contributed by atoms with Crippen molar-refractivity contribution < 1.29 is 9.13 Å². The molecule has 0 aliphatic rings. The van der Waals surface area contributed by atoms with E-state index in [0.717, 1.165) is 0 Å². The summed E-state index contributed by atoms with van der Waals surface area (Å²) < 4.78 is 18.9. The monoisotopic (exact) mass is 245 g/mol. The fraction of sp³-hybridized carbons (Fsp3) is 0.500. The van der Waals surface area contributed by atoms with Gasteiger partial charge in [0.15, 0.2) is 0 Å². The predicted molar refractivity (Wildman–Crippen MR) is 64.2 cm³/mol. The number of hydrogen-bond donors (Lipinski definition) is 1. The van der Waals surface area contributed by atoms with Crippen LogP contribution in [0.2, 0.25) is 5.02 Å². The minimum Gasteiger partial charge on any atom is -0.377 e. The summed E-state index contributed by atoms with van der Waals surface area (Å²) >= 11 is 5.68. The molecule has 0 spiro atoms. The van der Waals surface area contributed by atoms with E-state index >= 15 is 0 Å². The molecule has 2 N–H and O–H groups in total. The van der Waals surface area contributed by atoms with Gasteiger partial charge in [-0.1, -0.05) is 23.7 Å². The van der Waals surface area contributed by atoms with E-state index in [2.05, 4.69) is 0 Å². The highest BCUT2D eigenvalue weighted by Crippen LogP contribution is 2.18. The molecule has 0 radical (unpaired) electrons. The third-order valence-electron chi connectivity index (χ3n) is 2.16. The molecule has 1 rings (SSSR count). The van der Waals surface area contributed by atoms with E-state index in [1.54, 1.807) is 12.1 Å². The molecule has 16 heavy (non-hydrogen) atoms. The van der Waals surface area contributed by atoms with Crippen LogP contribution in [-0.4, -0.2) is 18.8 Å². The second-order valence-corrected chi connectivity index (χ2v) is 4.47. The summed E-state index contributed by atoms with van der Waals surface area (Å²) in [6.07, 6.45) is 0.564. The molecular formula is C12H17ClFNO. The van der Waals surface area contributed by atoms with E-state index in [1.807, 2.05) is 13.8 Å². The molecule has 0 saturated carbocycles.